The molecule has 2 rings (SSSR count). The zero-order chi connectivity index (χ0) is 15.3. The van der Waals surface area contributed by atoms with E-state index in [0.717, 1.165) is 19.3 Å². The van der Waals surface area contributed by atoms with Crippen LogP contribution >= 0.6 is 23.2 Å². The quantitative estimate of drug-likeness (QED) is 0.886. The average Bonchev–Trinajstić information content (AvgIpc) is 2.49. The number of hydrogen-bond acceptors (Lipinski definition) is 3. The van der Waals surface area contributed by atoms with Gasteiger partial charge in [-0.1, -0.05) is 42.5 Å². The number of nitrogens with zero attached hydrogens (tertiary/aromatic N) is 1. The average molecular weight is 326 g/mol. The lowest BCUT2D eigenvalue weighted by molar-refractivity contribution is -0.121. The number of nitriles is 1. The third kappa shape index (κ3) is 4.26. The van der Waals surface area contributed by atoms with Crippen molar-refractivity contribution >= 4 is 34.8 Å². The topological polar surface area (TPSA) is 64.9 Å². The van der Waals surface area contributed by atoms with Crippen LogP contribution in [0.5, 0.6) is 0 Å². The van der Waals surface area contributed by atoms with Crippen molar-refractivity contribution in [2.24, 2.45) is 0 Å². The molecule has 1 amide bonds. The van der Waals surface area contributed by atoms with Crippen LogP contribution in [0.15, 0.2) is 18.2 Å². The number of benzene rings is 1. The van der Waals surface area contributed by atoms with E-state index >= 15 is 0 Å². The van der Waals surface area contributed by atoms with Crippen LogP contribution in [0.1, 0.15) is 32.1 Å². The highest BCUT2D eigenvalue weighted by molar-refractivity contribution is 6.35. The molecule has 1 fully saturated rings. The fourth-order valence-electron chi connectivity index (χ4n) is 2.54. The molecule has 1 aromatic rings. The first kappa shape index (κ1) is 15.9. The lowest BCUT2D eigenvalue weighted by Crippen LogP contribution is -2.50. The van der Waals surface area contributed by atoms with Crippen molar-refractivity contribution in [1.29, 1.82) is 5.26 Å². The van der Waals surface area contributed by atoms with Gasteiger partial charge in [-0.15, -0.1) is 0 Å². The summed E-state index contributed by atoms with van der Waals surface area (Å²) in [4.78, 5) is 12.0. The highest BCUT2D eigenvalue weighted by atomic mass is 35.5. The maximum absolute atomic E-state index is 12.0. The van der Waals surface area contributed by atoms with Crippen LogP contribution in [-0.4, -0.2) is 18.0 Å². The molecule has 1 aliphatic rings. The molecular formula is C15H17Cl2N3O. The first-order valence-electron chi connectivity index (χ1n) is 6.96. The van der Waals surface area contributed by atoms with Crippen LogP contribution in [-0.2, 0) is 4.79 Å². The first-order valence-corrected chi connectivity index (χ1v) is 7.71. The number of carbonyl (C=O) groups excluding carboxylic acids is 1. The SMILES string of the molecule is N#CC1(NC(=O)CNc2cc(Cl)ccc2Cl)CCCCC1. The zero-order valence-electron chi connectivity index (χ0n) is 11.6. The van der Waals surface area contributed by atoms with Crippen LogP contribution in [0.25, 0.3) is 0 Å². The van der Waals surface area contributed by atoms with E-state index in [9.17, 15) is 10.1 Å². The number of halogens is 2. The van der Waals surface area contributed by atoms with Crippen molar-refractivity contribution in [2.45, 2.75) is 37.6 Å². The van der Waals surface area contributed by atoms with Gasteiger partial charge in [0.25, 0.3) is 0 Å². The Hall–Kier alpha value is -1.44. The minimum atomic E-state index is -0.713. The van der Waals surface area contributed by atoms with Crippen LogP contribution in [0.2, 0.25) is 10.0 Å². The second kappa shape index (κ2) is 7.02. The Bertz CT molecular complexity index is 563. The first-order chi connectivity index (χ1) is 10.0. The summed E-state index contributed by atoms with van der Waals surface area (Å²) in [5.41, 5.74) is -0.108. The summed E-state index contributed by atoms with van der Waals surface area (Å²) in [5, 5.41) is 16.2. The summed E-state index contributed by atoms with van der Waals surface area (Å²) in [6.07, 6.45) is 4.50. The van der Waals surface area contributed by atoms with E-state index in [1.54, 1.807) is 18.2 Å². The van der Waals surface area contributed by atoms with E-state index < -0.39 is 5.54 Å². The predicted molar refractivity (Wildman–Crippen MR) is 84.5 cm³/mol. The van der Waals surface area contributed by atoms with Crippen LogP contribution in [0, 0.1) is 11.3 Å². The van der Waals surface area contributed by atoms with E-state index in [-0.39, 0.29) is 12.5 Å². The molecule has 0 saturated heterocycles. The Kier molecular flexibility index (Phi) is 5.33. The summed E-state index contributed by atoms with van der Waals surface area (Å²) in [6, 6.07) is 7.28. The smallest absolute Gasteiger partial charge is 0.240 e. The number of hydrogen-bond donors (Lipinski definition) is 2. The molecular weight excluding hydrogens is 309 g/mol. The van der Waals surface area contributed by atoms with Gasteiger partial charge in [-0.2, -0.15) is 5.26 Å². The Balaban J connectivity index is 1.93. The molecule has 21 heavy (non-hydrogen) atoms. The van der Waals surface area contributed by atoms with E-state index in [2.05, 4.69) is 16.7 Å². The lowest BCUT2D eigenvalue weighted by Gasteiger charge is -2.31. The Morgan fingerprint density at radius 1 is 1.29 bits per heavy atom. The molecule has 6 heteroatoms. The molecule has 112 valence electrons. The molecule has 0 aromatic heterocycles. The fourth-order valence-corrected chi connectivity index (χ4v) is 2.90. The molecule has 1 aromatic carbocycles. The highest BCUT2D eigenvalue weighted by Gasteiger charge is 2.33. The highest BCUT2D eigenvalue weighted by Crippen LogP contribution is 2.28. The third-order valence-corrected chi connectivity index (χ3v) is 4.23. The minimum absolute atomic E-state index is 0.0590. The predicted octanol–water partition coefficient (Wildman–Crippen LogP) is 3.75. The van der Waals surface area contributed by atoms with Gasteiger partial charge in [0.1, 0.15) is 5.54 Å². The molecule has 0 heterocycles. The van der Waals surface area contributed by atoms with Gasteiger partial charge >= 0.3 is 0 Å². The molecule has 0 aliphatic heterocycles. The van der Waals surface area contributed by atoms with E-state index in [4.69, 9.17) is 23.2 Å². The number of carbonyl (C=O) groups is 1. The van der Waals surface area contributed by atoms with Gasteiger partial charge in [0.05, 0.1) is 23.3 Å². The van der Waals surface area contributed by atoms with Crippen molar-refractivity contribution in [1.82, 2.24) is 5.32 Å². The van der Waals surface area contributed by atoms with E-state index in [0.29, 0.717) is 28.6 Å². The monoisotopic (exact) mass is 325 g/mol. The van der Waals surface area contributed by atoms with Gasteiger partial charge in [-0.25, -0.2) is 0 Å². The fraction of sp³-hybridized carbons (Fsp3) is 0.467. The summed E-state index contributed by atoms with van der Waals surface area (Å²) >= 11 is 11.9. The van der Waals surface area contributed by atoms with Gasteiger partial charge in [0.15, 0.2) is 0 Å². The van der Waals surface area contributed by atoms with Gasteiger partial charge in [-0.05, 0) is 31.0 Å². The van der Waals surface area contributed by atoms with Crippen LogP contribution < -0.4 is 10.6 Å². The van der Waals surface area contributed by atoms with Crippen molar-refractivity contribution < 1.29 is 4.79 Å². The number of amides is 1. The third-order valence-electron chi connectivity index (χ3n) is 3.67. The number of anilines is 1. The number of rotatable bonds is 4. The normalized spacial score (nSPS) is 16.8. The van der Waals surface area contributed by atoms with Crippen molar-refractivity contribution in [3.8, 4) is 6.07 Å². The van der Waals surface area contributed by atoms with Crippen molar-refractivity contribution in [3.05, 3.63) is 28.2 Å². The largest absolute Gasteiger partial charge is 0.375 e. The zero-order valence-corrected chi connectivity index (χ0v) is 13.1. The van der Waals surface area contributed by atoms with Crippen LogP contribution in [0.4, 0.5) is 5.69 Å². The van der Waals surface area contributed by atoms with E-state index in [1.807, 2.05) is 0 Å². The minimum Gasteiger partial charge on any atom is -0.375 e. The molecule has 2 N–H and O–H groups in total. The number of nitrogens with one attached hydrogen (secondary N) is 2. The van der Waals surface area contributed by atoms with Gasteiger partial charge in [-0.3, -0.25) is 4.79 Å². The molecule has 0 bridgehead atoms. The second-order valence-electron chi connectivity index (χ2n) is 5.28. The van der Waals surface area contributed by atoms with E-state index in [1.165, 1.54) is 0 Å². The molecule has 4 nitrogen and oxygen atoms in total. The molecule has 0 radical (unpaired) electrons. The van der Waals surface area contributed by atoms with Gasteiger partial charge in [0, 0.05) is 5.02 Å². The van der Waals surface area contributed by atoms with Crippen molar-refractivity contribution in [2.75, 3.05) is 11.9 Å². The maximum Gasteiger partial charge on any atom is 0.240 e. The standard InChI is InChI=1S/C15H17Cl2N3O/c16-11-4-5-12(17)13(8-11)19-9-14(21)20-15(10-18)6-2-1-3-7-15/h4-5,8,19H,1-3,6-7,9H2,(H,20,21). The second-order valence-corrected chi connectivity index (χ2v) is 6.12. The molecule has 0 unspecified atom stereocenters. The maximum atomic E-state index is 12.0. The van der Waals surface area contributed by atoms with Crippen molar-refractivity contribution in [3.63, 3.8) is 0 Å². The summed E-state index contributed by atoms with van der Waals surface area (Å²) in [5.74, 6) is -0.213. The molecule has 1 saturated carbocycles. The Morgan fingerprint density at radius 2 is 2.00 bits per heavy atom. The lowest BCUT2D eigenvalue weighted by atomic mass is 9.83. The Labute approximate surface area is 134 Å². The summed E-state index contributed by atoms with van der Waals surface area (Å²) < 4.78 is 0. The van der Waals surface area contributed by atoms with Gasteiger partial charge in [0.2, 0.25) is 5.91 Å². The van der Waals surface area contributed by atoms with Gasteiger partial charge < -0.3 is 10.6 Å². The molecule has 0 atom stereocenters. The molecule has 0 spiro atoms. The summed E-state index contributed by atoms with van der Waals surface area (Å²) in [6.45, 7) is 0.0590. The van der Waals surface area contributed by atoms with Crippen LogP contribution in [0.3, 0.4) is 0 Å². The Morgan fingerprint density at radius 3 is 2.67 bits per heavy atom. The molecule has 1 aliphatic carbocycles. The summed E-state index contributed by atoms with van der Waals surface area (Å²) in [7, 11) is 0.